The van der Waals surface area contributed by atoms with E-state index >= 15 is 0 Å². The molecule has 19 heavy (non-hydrogen) atoms. The van der Waals surface area contributed by atoms with Crippen molar-refractivity contribution in [2.75, 3.05) is 19.6 Å². The van der Waals surface area contributed by atoms with E-state index in [-0.39, 0.29) is 5.92 Å². The lowest BCUT2D eigenvalue weighted by molar-refractivity contribution is 0.0898. The molecule has 1 aliphatic carbocycles. The van der Waals surface area contributed by atoms with Gasteiger partial charge in [-0.1, -0.05) is 32.9 Å². The number of hydrogen-bond donors (Lipinski definition) is 0. The van der Waals surface area contributed by atoms with Crippen molar-refractivity contribution in [3.05, 3.63) is 34.9 Å². The number of ketones is 1. The number of hydrogen-bond acceptors (Lipinski definition) is 2. The van der Waals surface area contributed by atoms with Crippen molar-refractivity contribution in [3.8, 4) is 0 Å². The molecule has 0 saturated carbocycles. The van der Waals surface area contributed by atoms with E-state index in [9.17, 15) is 4.79 Å². The number of aryl methyl sites for hydroxylation is 2. The van der Waals surface area contributed by atoms with Crippen molar-refractivity contribution >= 4 is 5.78 Å². The van der Waals surface area contributed by atoms with E-state index in [4.69, 9.17) is 0 Å². The van der Waals surface area contributed by atoms with Gasteiger partial charge in [0.15, 0.2) is 5.78 Å². The van der Waals surface area contributed by atoms with Gasteiger partial charge in [0.25, 0.3) is 0 Å². The Kier molecular flexibility index (Phi) is 4.76. The Morgan fingerprint density at radius 3 is 2.58 bits per heavy atom. The molecule has 0 heterocycles. The van der Waals surface area contributed by atoms with Crippen LogP contribution in [0.1, 0.15) is 48.7 Å². The lowest BCUT2D eigenvalue weighted by atomic mass is 9.96. The molecule has 2 heteroatoms. The van der Waals surface area contributed by atoms with Crippen LogP contribution in [0.4, 0.5) is 0 Å². The zero-order chi connectivity index (χ0) is 13.8. The van der Waals surface area contributed by atoms with Gasteiger partial charge in [-0.3, -0.25) is 4.79 Å². The molecule has 0 N–H and O–H groups in total. The van der Waals surface area contributed by atoms with Gasteiger partial charge in [-0.05, 0) is 49.5 Å². The summed E-state index contributed by atoms with van der Waals surface area (Å²) in [4.78, 5) is 14.8. The van der Waals surface area contributed by atoms with E-state index in [1.165, 1.54) is 24.0 Å². The maximum absolute atomic E-state index is 12.5. The van der Waals surface area contributed by atoms with Crippen LogP contribution in [0.15, 0.2) is 18.2 Å². The molecule has 0 spiro atoms. The largest absolute Gasteiger partial charge is 0.303 e. The van der Waals surface area contributed by atoms with Gasteiger partial charge in [-0.25, -0.2) is 0 Å². The van der Waals surface area contributed by atoms with E-state index in [0.29, 0.717) is 5.78 Å². The summed E-state index contributed by atoms with van der Waals surface area (Å²) in [5.74, 6) is 0.376. The number of nitrogens with zero attached hydrogens (tertiary/aromatic N) is 1. The summed E-state index contributed by atoms with van der Waals surface area (Å²) in [6, 6.07) is 6.30. The van der Waals surface area contributed by atoms with Crippen LogP contribution in [0.2, 0.25) is 0 Å². The van der Waals surface area contributed by atoms with Crippen LogP contribution in [-0.2, 0) is 12.8 Å². The average Bonchev–Trinajstić information content (AvgIpc) is 2.90. The summed E-state index contributed by atoms with van der Waals surface area (Å²) in [7, 11) is 0. The van der Waals surface area contributed by atoms with Gasteiger partial charge in [-0.2, -0.15) is 0 Å². The number of carbonyl (C=O) groups is 1. The van der Waals surface area contributed by atoms with Crippen molar-refractivity contribution in [1.29, 1.82) is 0 Å². The molecule has 0 aromatic heterocycles. The van der Waals surface area contributed by atoms with Gasteiger partial charge in [0.1, 0.15) is 0 Å². The molecule has 1 aromatic rings. The van der Waals surface area contributed by atoms with E-state index in [1.54, 1.807) is 0 Å². The molecule has 0 radical (unpaired) electrons. The van der Waals surface area contributed by atoms with Crippen LogP contribution in [0.5, 0.6) is 0 Å². The Bertz CT molecular complexity index is 449. The number of rotatable bonds is 6. The van der Waals surface area contributed by atoms with Crippen LogP contribution >= 0.6 is 0 Å². The summed E-state index contributed by atoms with van der Waals surface area (Å²) in [5, 5.41) is 0. The number of benzene rings is 1. The van der Waals surface area contributed by atoms with E-state index in [1.807, 2.05) is 13.0 Å². The van der Waals surface area contributed by atoms with Gasteiger partial charge in [-0.15, -0.1) is 0 Å². The Balaban J connectivity index is 2.06. The van der Waals surface area contributed by atoms with Crippen LogP contribution in [0, 0.1) is 5.92 Å². The molecule has 2 nitrogen and oxygen atoms in total. The molecule has 0 fully saturated rings. The molecule has 0 amide bonds. The molecule has 1 unspecified atom stereocenters. The van der Waals surface area contributed by atoms with E-state index in [2.05, 4.69) is 30.9 Å². The molecule has 1 atom stereocenters. The first-order chi connectivity index (χ1) is 9.15. The second-order valence-corrected chi connectivity index (χ2v) is 5.59. The monoisotopic (exact) mass is 259 g/mol. The Hall–Kier alpha value is -1.15. The molecule has 2 rings (SSSR count). The predicted octanol–water partition coefficient (Wildman–Crippen LogP) is 3.34. The van der Waals surface area contributed by atoms with Crippen molar-refractivity contribution < 1.29 is 4.79 Å². The van der Waals surface area contributed by atoms with Crippen molar-refractivity contribution in [3.63, 3.8) is 0 Å². The minimum absolute atomic E-state index is 0.0827. The zero-order valence-corrected chi connectivity index (χ0v) is 12.4. The van der Waals surface area contributed by atoms with Gasteiger partial charge in [0, 0.05) is 18.0 Å². The normalized spacial score (nSPS) is 15.6. The highest BCUT2D eigenvalue weighted by Gasteiger charge is 2.19. The minimum atomic E-state index is 0.0827. The standard InChI is InChI=1S/C17H25NO/c1-4-18(5-2)12-13(3)17(19)16-10-9-14-7-6-8-15(14)11-16/h9-11,13H,4-8,12H2,1-3H3. The highest BCUT2D eigenvalue weighted by molar-refractivity contribution is 5.98. The van der Waals surface area contributed by atoms with E-state index in [0.717, 1.165) is 31.6 Å². The fourth-order valence-corrected chi connectivity index (χ4v) is 2.96. The number of Topliss-reactive ketones (excluding diaryl/α,β-unsaturated/α-hetero) is 1. The minimum Gasteiger partial charge on any atom is -0.303 e. The maximum Gasteiger partial charge on any atom is 0.166 e. The first-order valence-corrected chi connectivity index (χ1v) is 7.54. The third-order valence-electron chi connectivity index (χ3n) is 4.26. The van der Waals surface area contributed by atoms with Crippen LogP contribution in [0.3, 0.4) is 0 Å². The Morgan fingerprint density at radius 1 is 1.21 bits per heavy atom. The molecular formula is C17H25NO. The lowest BCUT2D eigenvalue weighted by Crippen LogP contribution is -2.31. The SMILES string of the molecule is CCN(CC)CC(C)C(=O)c1ccc2c(c1)CCC2. The average molecular weight is 259 g/mol. The van der Waals surface area contributed by atoms with Crippen LogP contribution in [0.25, 0.3) is 0 Å². The third-order valence-corrected chi connectivity index (χ3v) is 4.26. The van der Waals surface area contributed by atoms with Crippen molar-refractivity contribution in [1.82, 2.24) is 4.90 Å². The summed E-state index contributed by atoms with van der Waals surface area (Å²) in [5.41, 5.74) is 3.73. The van der Waals surface area contributed by atoms with E-state index < -0.39 is 0 Å². The van der Waals surface area contributed by atoms with Crippen LogP contribution in [-0.4, -0.2) is 30.3 Å². The highest BCUT2D eigenvalue weighted by Crippen LogP contribution is 2.24. The zero-order valence-electron chi connectivity index (χ0n) is 12.4. The van der Waals surface area contributed by atoms with Gasteiger partial charge in [0.05, 0.1) is 0 Å². The van der Waals surface area contributed by atoms with Gasteiger partial charge in [0.2, 0.25) is 0 Å². The van der Waals surface area contributed by atoms with Gasteiger partial charge >= 0.3 is 0 Å². The third kappa shape index (κ3) is 3.24. The fourth-order valence-electron chi connectivity index (χ4n) is 2.96. The van der Waals surface area contributed by atoms with Crippen LogP contribution < -0.4 is 0 Å². The molecule has 0 saturated heterocycles. The second kappa shape index (κ2) is 6.33. The lowest BCUT2D eigenvalue weighted by Gasteiger charge is -2.22. The summed E-state index contributed by atoms with van der Waals surface area (Å²) in [6.07, 6.45) is 3.56. The maximum atomic E-state index is 12.5. The predicted molar refractivity (Wildman–Crippen MR) is 79.7 cm³/mol. The summed E-state index contributed by atoms with van der Waals surface area (Å²) in [6.45, 7) is 9.24. The topological polar surface area (TPSA) is 20.3 Å². The van der Waals surface area contributed by atoms with Gasteiger partial charge < -0.3 is 4.90 Å². The second-order valence-electron chi connectivity index (χ2n) is 5.59. The molecule has 1 aliphatic rings. The first-order valence-electron chi connectivity index (χ1n) is 7.54. The Labute approximate surface area is 116 Å². The first kappa shape index (κ1) is 14.3. The molecule has 1 aromatic carbocycles. The fraction of sp³-hybridized carbons (Fsp3) is 0.588. The number of carbonyl (C=O) groups excluding carboxylic acids is 1. The smallest absolute Gasteiger partial charge is 0.166 e. The number of fused-ring (bicyclic) bond motifs is 1. The molecular weight excluding hydrogens is 234 g/mol. The van der Waals surface area contributed by atoms with Crippen molar-refractivity contribution in [2.45, 2.75) is 40.0 Å². The molecule has 0 aliphatic heterocycles. The quantitative estimate of drug-likeness (QED) is 0.730. The highest BCUT2D eigenvalue weighted by atomic mass is 16.1. The van der Waals surface area contributed by atoms with Crippen molar-refractivity contribution in [2.24, 2.45) is 5.92 Å². The summed E-state index contributed by atoms with van der Waals surface area (Å²) >= 11 is 0. The molecule has 0 bridgehead atoms. The molecule has 104 valence electrons. The Morgan fingerprint density at radius 2 is 1.89 bits per heavy atom. The summed E-state index contributed by atoms with van der Waals surface area (Å²) < 4.78 is 0.